The molecular formula is C28H25NO2. The summed E-state index contributed by atoms with van der Waals surface area (Å²) in [5, 5.41) is 4.49. The predicted octanol–water partition coefficient (Wildman–Crippen LogP) is 7.02. The Labute approximate surface area is 181 Å². The number of benzene rings is 4. The van der Waals surface area contributed by atoms with E-state index in [1.807, 2.05) is 24.3 Å². The lowest BCUT2D eigenvalue weighted by molar-refractivity contribution is 0.0502. The zero-order valence-corrected chi connectivity index (χ0v) is 17.7. The van der Waals surface area contributed by atoms with Crippen LogP contribution in [0.4, 0.5) is 0 Å². The molecule has 0 radical (unpaired) electrons. The lowest BCUT2D eigenvalue weighted by atomic mass is 9.93. The molecule has 0 saturated carbocycles. The van der Waals surface area contributed by atoms with Crippen LogP contribution in [0.3, 0.4) is 0 Å². The first-order valence-corrected chi connectivity index (χ1v) is 10.9. The first-order valence-electron chi connectivity index (χ1n) is 10.9. The van der Waals surface area contributed by atoms with Crippen molar-refractivity contribution in [1.29, 1.82) is 0 Å². The second-order valence-electron chi connectivity index (χ2n) is 8.01. The first-order chi connectivity index (χ1) is 15.3. The summed E-state index contributed by atoms with van der Waals surface area (Å²) in [5.74, 6) is -0.264. The van der Waals surface area contributed by atoms with Crippen LogP contribution in [-0.4, -0.2) is 17.6 Å². The van der Waals surface area contributed by atoms with Crippen molar-refractivity contribution >= 4 is 38.5 Å². The molecule has 0 amide bonds. The normalized spacial score (nSPS) is 11.4. The van der Waals surface area contributed by atoms with Crippen molar-refractivity contribution in [2.45, 2.75) is 26.2 Å². The molecule has 31 heavy (non-hydrogen) atoms. The average molecular weight is 408 g/mol. The lowest BCUT2D eigenvalue weighted by Gasteiger charge is -2.12. The molecule has 0 aliphatic carbocycles. The number of nitrogens with one attached hydrogen (secondary N) is 1. The molecule has 0 fully saturated rings. The van der Waals surface area contributed by atoms with Crippen LogP contribution in [0.1, 0.15) is 41.3 Å². The van der Waals surface area contributed by atoms with Gasteiger partial charge in [-0.1, -0.05) is 80.1 Å². The van der Waals surface area contributed by atoms with Crippen molar-refractivity contribution in [2.24, 2.45) is 0 Å². The van der Waals surface area contributed by atoms with Crippen molar-refractivity contribution in [3.63, 3.8) is 0 Å². The average Bonchev–Trinajstić information content (AvgIpc) is 3.19. The molecule has 1 N–H and O–H groups in total. The van der Waals surface area contributed by atoms with Crippen molar-refractivity contribution in [3.05, 3.63) is 95.6 Å². The van der Waals surface area contributed by atoms with E-state index in [1.54, 1.807) is 0 Å². The van der Waals surface area contributed by atoms with E-state index in [2.05, 4.69) is 66.5 Å². The van der Waals surface area contributed by atoms with Gasteiger partial charge in [-0.15, -0.1) is 0 Å². The van der Waals surface area contributed by atoms with Crippen LogP contribution in [0.2, 0.25) is 0 Å². The number of ether oxygens (including phenoxy) is 1. The third kappa shape index (κ3) is 3.57. The highest BCUT2D eigenvalue weighted by atomic mass is 16.5. The Morgan fingerprint density at radius 3 is 2.55 bits per heavy atom. The number of para-hydroxylation sites is 1. The lowest BCUT2D eigenvalue weighted by Crippen LogP contribution is -2.07. The van der Waals surface area contributed by atoms with E-state index in [9.17, 15) is 4.79 Å². The first kappa shape index (κ1) is 19.4. The summed E-state index contributed by atoms with van der Waals surface area (Å²) in [6.07, 6.45) is 2.71. The van der Waals surface area contributed by atoms with Gasteiger partial charge < -0.3 is 9.72 Å². The third-order valence-electron chi connectivity index (χ3n) is 5.90. The van der Waals surface area contributed by atoms with Gasteiger partial charge in [0.25, 0.3) is 0 Å². The number of hydrogen-bond donors (Lipinski definition) is 1. The zero-order valence-electron chi connectivity index (χ0n) is 17.7. The molecule has 0 unspecified atom stereocenters. The van der Waals surface area contributed by atoms with Gasteiger partial charge in [-0.3, -0.25) is 0 Å². The van der Waals surface area contributed by atoms with Gasteiger partial charge >= 0.3 is 5.97 Å². The highest BCUT2D eigenvalue weighted by Gasteiger charge is 2.19. The molecule has 1 heterocycles. The van der Waals surface area contributed by atoms with Gasteiger partial charge in [0.1, 0.15) is 0 Å². The number of aromatic amines is 1. The van der Waals surface area contributed by atoms with Gasteiger partial charge in [0.2, 0.25) is 0 Å². The molecule has 5 rings (SSSR count). The SMILES string of the molecule is CCCCOC(=O)c1cc2cccc(Cc3ccccc3)c2c2c1[nH]c1ccccc12. The molecular weight excluding hydrogens is 382 g/mol. The number of unbranched alkanes of at least 4 members (excludes halogenated alkanes) is 1. The summed E-state index contributed by atoms with van der Waals surface area (Å²) >= 11 is 0. The second kappa shape index (κ2) is 8.27. The number of carbonyl (C=O) groups excluding carboxylic acids is 1. The summed E-state index contributed by atoms with van der Waals surface area (Å²) in [6.45, 7) is 2.54. The van der Waals surface area contributed by atoms with Gasteiger partial charge in [-0.05, 0) is 46.9 Å². The largest absolute Gasteiger partial charge is 0.462 e. The fourth-order valence-electron chi connectivity index (χ4n) is 4.39. The van der Waals surface area contributed by atoms with Gasteiger partial charge in [-0.2, -0.15) is 0 Å². The van der Waals surface area contributed by atoms with Crippen LogP contribution in [0.5, 0.6) is 0 Å². The standard InChI is InChI=1S/C28H25NO2/c1-2-3-16-31-28(30)23-18-21-13-9-12-20(17-19-10-5-4-6-11-19)25(21)26-22-14-7-8-15-24(22)29-27(23)26/h4-15,18,29H,2-3,16-17H2,1H3. The number of aromatic nitrogens is 1. The van der Waals surface area contributed by atoms with E-state index in [4.69, 9.17) is 4.74 Å². The van der Waals surface area contributed by atoms with Gasteiger partial charge in [0.15, 0.2) is 0 Å². The van der Waals surface area contributed by atoms with Gasteiger partial charge in [0.05, 0.1) is 17.7 Å². The molecule has 0 aliphatic heterocycles. The minimum absolute atomic E-state index is 0.264. The summed E-state index contributed by atoms with van der Waals surface area (Å²) in [7, 11) is 0. The minimum atomic E-state index is -0.264. The molecule has 1 aromatic heterocycles. The van der Waals surface area contributed by atoms with E-state index in [1.165, 1.54) is 16.5 Å². The number of esters is 1. The number of H-pyrrole nitrogens is 1. The highest BCUT2D eigenvalue weighted by molar-refractivity contribution is 6.25. The minimum Gasteiger partial charge on any atom is -0.462 e. The van der Waals surface area contributed by atoms with Crippen molar-refractivity contribution < 1.29 is 9.53 Å². The zero-order chi connectivity index (χ0) is 21.2. The third-order valence-corrected chi connectivity index (χ3v) is 5.90. The van der Waals surface area contributed by atoms with Gasteiger partial charge in [0, 0.05) is 16.3 Å². The van der Waals surface area contributed by atoms with Crippen LogP contribution in [0.25, 0.3) is 32.6 Å². The summed E-state index contributed by atoms with van der Waals surface area (Å²) < 4.78 is 5.59. The molecule has 3 heteroatoms. The monoisotopic (exact) mass is 407 g/mol. The molecule has 0 atom stereocenters. The molecule has 0 spiro atoms. The maximum Gasteiger partial charge on any atom is 0.340 e. The van der Waals surface area contributed by atoms with E-state index in [0.29, 0.717) is 12.2 Å². The Bertz CT molecular complexity index is 1380. The summed E-state index contributed by atoms with van der Waals surface area (Å²) in [6, 6.07) is 27.1. The molecule has 5 aromatic rings. The highest BCUT2D eigenvalue weighted by Crippen LogP contribution is 2.37. The molecule has 0 aliphatic rings. The second-order valence-corrected chi connectivity index (χ2v) is 8.01. The number of carbonyl (C=O) groups is 1. The Hall–Kier alpha value is -3.59. The number of rotatable bonds is 6. The smallest absolute Gasteiger partial charge is 0.340 e. The summed E-state index contributed by atoms with van der Waals surface area (Å²) in [5.41, 5.74) is 5.01. The molecule has 0 bridgehead atoms. The fourth-order valence-corrected chi connectivity index (χ4v) is 4.39. The van der Waals surface area contributed by atoms with Crippen molar-refractivity contribution in [1.82, 2.24) is 4.98 Å². The van der Waals surface area contributed by atoms with Crippen LogP contribution in [0, 0.1) is 0 Å². The quantitative estimate of drug-likeness (QED) is 0.243. The fraction of sp³-hybridized carbons (Fsp3) is 0.179. The van der Waals surface area contributed by atoms with Crippen molar-refractivity contribution in [2.75, 3.05) is 6.61 Å². The maximum atomic E-state index is 13.0. The van der Waals surface area contributed by atoms with Crippen LogP contribution in [-0.2, 0) is 11.2 Å². The van der Waals surface area contributed by atoms with Crippen LogP contribution < -0.4 is 0 Å². The predicted molar refractivity (Wildman–Crippen MR) is 128 cm³/mol. The molecule has 4 aromatic carbocycles. The maximum absolute atomic E-state index is 13.0. The van der Waals surface area contributed by atoms with E-state index >= 15 is 0 Å². The Balaban J connectivity index is 1.77. The van der Waals surface area contributed by atoms with Crippen LogP contribution in [0.15, 0.2) is 78.9 Å². The summed E-state index contributed by atoms with van der Waals surface area (Å²) in [4.78, 5) is 16.5. The van der Waals surface area contributed by atoms with E-state index in [-0.39, 0.29) is 5.97 Å². The van der Waals surface area contributed by atoms with Crippen molar-refractivity contribution in [3.8, 4) is 0 Å². The number of hydrogen-bond acceptors (Lipinski definition) is 2. The van der Waals surface area contributed by atoms with Crippen LogP contribution >= 0.6 is 0 Å². The molecule has 3 nitrogen and oxygen atoms in total. The van der Waals surface area contributed by atoms with E-state index in [0.717, 1.165) is 46.5 Å². The van der Waals surface area contributed by atoms with E-state index < -0.39 is 0 Å². The molecule has 154 valence electrons. The number of fused-ring (bicyclic) bond motifs is 5. The Kier molecular flexibility index (Phi) is 5.17. The van der Waals surface area contributed by atoms with Gasteiger partial charge in [-0.25, -0.2) is 4.79 Å². The Morgan fingerprint density at radius 1 is 0.903 bits per heavy atom. The topological polar surface area (TPSA) is 42.1 Å². The Morgan fingerprint density at radius 2 is 1.71 bits per heavy atom. The molecule has 0 saturated heterocycles.